The largest absolute Gasteiger partial charge is 0.463 e. The van der Waals surface area contributed by atoms with E-state index in [1.807, 2.05) is 68.5 Å². The SMILES string of the molecule is C/C=C(\C(=NC(C)c1ccccc1)c1ccccc1)C1NC(=S)NC(C)=C1C(=O)OCC. The van der Waals surface area contributed by atoms with Crippen LogP contribution in [-0.4, -0.2) is 29.4 Å². The predicted octanol–water partition coefficient (Wildman–Crippen LogP) is 4.87. The number of allylic oxidation sites excluding steroid dienone is 2. The van der Waals surface area contributed by atoms with E-state index in [0.29, 0.717) is 23.0 Å². The number of ether oxygens (including phenoxy) is 1. The van der Waals surface area contributed by atoms with Crippen LogP contribution in [-0.2, 0) is 9.53 Å². The average molecular weight is 448 g/mol. The number of carbonyl (C=O) groups excluding carboxylic acids is 1. The molecule has 32 heavy (non-hydrogen) atoms. The van der Waals surface area contributed by atoms with Crippen LogP contribution in [0.2, 0.25) is 0 Å². The third-order valence-corrected chi connectivity index (χ3v) is 5.53. The highest BCUT2D eigenvalue weighted by atomic mass is 32.1. The number of thiocarbonyl (C=S) groups is 1. The van der Waals surface area contributed by atoms with Crippen molar-refractivity contribution >= 4 is 29.0 Å². The van der Waals surface area contributed by atoms with Crippen molar-refractivity contribution in [2.24, 2.45) is 4.99 Å². The van der Waals surface area contributed by atoms with Crippen LogP contribution < -0.4 is 10.6 Å². The molecule has 2 atom stereocenters. The van der Waals surface area contributed by atoms with Gasteiger partial charge in [0.25, 0.3) is 0 Å². The first-order valence-electron chi connectivity index (χ1n) is 10.8. The van der Waals surface area contributed by atoms with Crippen LogP contribution in [0.5, 0.6) is 0 Å². The molecule has 166 valence electrons. The summed E-state index contributed by atoms with van der Waals surface area (Å²) < 4.78 is 5.36. The van der Waals surface area contributed by atoms with Gasteiger partial charge in [-0.05, 0) is 45.5 Å². The van der Waals surface area contributed by atoms with Crippen LogP contribution in [0.3, 0.4) is 0 Å². The lowest BCUT2D eigenvalue weighted by molar-refractivity contribution is -0.138. The second-order valence-corrected chi connectivity index (χ2v) is 7.87. The Balaban J connectivity index is 2.13. The zero-order valence-corrected chi connectivity index (χ0v) is 19.7. The molecule has 1 aliphatic rings. The topological polar surface area (TPSA) is 62.7 Å². The minimum Gasteiger partial charge on any atom is -0.463 e. The van der Waals surface area contributed by atoms with Gasteiger partial charge < -0.3 is 15.4 Å². The van der Waals surface area contributed by atoms with Crippen molar-refractivity contribution in [3.8, 4) is 0 Å². The number of rotatable bonds is 7. The van der Waals surface area contributed by atoms with Gasteiger partial charge in [0.2, 0.25) is 0 Å². The number of nitrogens with zero attached hydrogens (tertiary/aromatic N) is 1. The number of benzene rings is 2. The maximum Gasteiger partial charge on any atom is 0.338 e. The van der Waals surface area contributed by atoms with Crippen LogP contribution >= 0.6 is 12.2 Å². The molecule has 0 bridgehead atoms. The van der Waals surface area contributed by atoms with Crippen LogP contribution in [0.4, 0.5) is 0 Å². The Labute approximate surface area is 195 Å². The predicted molar refractivity (Wildman–Crippen MR) is 134 cm³/mol. The Hall–Kier alpha value is -3.25. The van der Waals surface area contributed by atoms with Gasteiger partial charge in [-0.25, -0.2) is 4.79 Å². The van der Waals surface area contributed by atoms with Gasteiger partial charge in [0, 0.05) is 16.8 Å². The molecule has 0 saturated heterocycles. The number of hydrogen-bond acceptors (Lipinski definition) is 4. The van der Waals surface area contributed by atoms with Crippen molar-refractivity contribution < 1.29 is 9.53 Å². The fourth-order valence-electron chi connectivity index (χ4n) is 3.76. The van der Waals surface area contributed by atoms with Gasteiger partial charge in [-0.2, -0.15) is 0 Å². The third kappa shape index (κ3) is 5.32. The molecule has 0 amide bonds. The van der Waals surface area contributed by atoms with E-state index >= 15 is 0 Å². The fraction of sp³-hybridized carbons (Fsp3) is 0.269. The van der Waals surface area contributed by atoms with Gasteiger partial charge in [-0.15, -0.1) is 0 Å². The van der Waals surface area contributed by atoms with Crippen LogP contribution in [0.15, 0.2) is 88.6 Å². The Bertz CT molecular complexity index is 1060. The van der Waals surface area contributed by atoms with Gasteiger partial charge in [-0.1, -0.05) is 66.7 Å². The maximum absolute atomic E-state index is 12.9. The Morgan fingerprint density at radius 1 is 1.16 bits per heavy atom. The fourth-order valence-corrected chi connectivity index (χ4v) is 4.03. The van der Waals surface area contributed by atoms with Gasteiger partial charge in [0.1, 0.15) is 0 Å². The summed E-state index contributed by atoms with van der Waals surface area (Å²) in [5.41, 5.74) is 4.94. The van der Waals surface area contributed by atoms with E-state index in [1.54, 1.807) is 6.92 Å². The first-order valence-corrected chi connectivity index (χ1v) is 11.2. The molecule has 2 N–H and O–H groups in total. The molecular formula is C26H29N3O2S. The van der Waals surface area contributed by atoms with Gasteiger partial charge in [-0.3, -0.25) is 4.99 Å². The lowest BCUT2D eigenvalue weighted by Crippen LogP contribution is -2.51. The van der Waals surface area contributed by atoms with Crippen molar-refractivity contribution in [2.45, 2.75) is 39.8 Å². The van der Waals surface area contributed by atoms with E-state index in [1.165, 1.54) is 0 Å². The second kappa shape index (κ2) is 10.9. The molecule has 2 aromatic carbocycles. The highest BCUT2D eigenvalue weighted by Gasteiger charge is 2.34. The number of nitrogens with one attached hydrogen (secondary N) is 2. The molecule has 0 fully saturated rings. The summed E-state index contributed by atoms with van der Waals surface area (Å²) in [4.78, 5) is 18.0. The summed E-state index contributed by atoms with van der Waals surface area (Å²) in [6.45, 7) is 7.95. The van der Waals surface area contributed by atoms with Crippen molar-refractivity contribution in [3.05, 3.63) is 94.7 Å². The van der Waals surface area contributed by atoms with Gasteiger partial charge in [0.15, 0.2) is 5.11 Å². The zero-order chi connectivity index (χ0) is 23.1. The minimum atomic E-state index is -0.477. The van der Waals surface area contributed by atoms with E-state index in [0.717, 1.165) is 22.4 Å². The summed E-state index contributed by atoms with van der Waals surface area (Å²) in [6, 6.07) is 19.6. The average Bonchev–Trinajstić information content (AvgIpc) is 2.79. The Morgan fingerprint density at radius 3 is 2.38 bits per heavy atom. The molecule has 0 aromatic heterocycles. The van der Waals surface area contributed by atoms with E-state index in [2.05, 4.69) is 29.7 Å². The summed E-state index contributed by atoms with van der Waals surface area (Å²) in [5.74, 6) is -0.375. The zero-order valence-electron chi connectivity index (χ0n) is 18.9. The molecule has 2 aromatic rings. The quantitative estimate of drug-likeness (QED) is 0.360. The first kappa shape index (κ1) is 23.4. The molecule has 0 radical (unpaired) electrons. The monoisotopic (exact) mass is 447 g/mol. The summed E-state index contributed by atoms with van der Waals surface area (Å²) in [7, 11) is 0. The smallest absolute Gasteiger partial charge is 0.338 e. The second-order valence-electron chi connectivity index (χ2n) is 7.47. The number of carbonyl (C=O) groups is 1. The molecule has 1 heterocycles. The molecule has 0 aliphatic carbocycles. The standard InChI is InChI=1S/C26H29N3O2S/c1-5-21(24-22(25(30)31-6-2)18(4)28-26(32)29-24)23(20-15-11-8-12-16-20)27-17(3)19-13-9-7-10-14-19/h5,7-17,24H,6H2,1-4H3,(H2,28,29,32)/b21-5+,27-23?. The normalized spacial score (nSPS) is 18.0. The van der Waals surface area contributed by atoms with Crippen LogP contribution in [0.25, 0.3) is 0 Å². The lowest BCUT2D eigenvalue weighted by atomic mass is 9.89. The third-order valence-electron chi connectivity index (χ3n) is 5.31. The van der Waals surface area contributed by atoms with Crippen LogP contribution in [0.1, 0.15) is 44.9 Å². The van der Waals surface area contributed by atoms with E-state index in [-0.39, 0.29) is 12.0 Å². The van der Waals surface area contributed by atoms with Gasteiger partial charge >= 0.3 is 5.97 Å². The Morgan fingerprint density at radius 2 is 1.78 bits per heavy atom. The highest BCUT2D eigenvalue weighted by molar-refractivity contribution is 7.80. The minimum absolute atomic E-state index is 0.0776. The Kier molecular flexibility index (Phi) is 7.95. The van der Waals surface area contributed by atoms with E-state index in [4.69, 9.17) is 21.9 Å². The molecule has 2 unspecified atom stereocenters. The molecule has 3 rings (SSSR count). The molecule has 6 heteroatoms. The number of aliphatic imine (C=N–C) groups is 1. The molecule has 5 nitrogen and oxygen atoms in total. The molecule has 1 aliphatic heterocycles. The lowest BCUT2D eigenvalue weighted by Gasteiger charge is -2.32. The number of hydrogen-bond donors (Lipinski definition) is 2. The summed E-state index contributed by atoms with van der Waals surface area (Å²) in [6.07, 6.45) is 1.99. The van der Waals surface area contributed by atoms with Crippen LogP contribution in [0, 0.1) is 0 Å². The molecule has 0 saturated carbocycles. The maximum atomic E-state index is 12.9. The van der Waals surface area contributed by atoms with E-state index in [9.17, 15) is 4.79 Å². The molecule has 0 spiro atoms. The molecular weight excluding hydrogens is 418 g/mol. The summed E-state index contributed by atoms with van der Waals surface area (Å²) in [5, 5.41) is 6.78. The first-order chi connectivity index (χ1) is 15.5. The van der Waals surface area contributed by atoms with Crippen molar-refractivity contribution in [2.75, 3.05) is 6.61 Å². The highest BCUT2D eigenvalue weighted by Crippen LogP contribution is 2.27. The summed E-state index contributed by atoms with van der Waals surface area (Å²) >= 11 is 5.42. The van der Waals surface area contributed by atoms with Crippen molar-refractivity contribution in [1.82, 2.24) is 10.6 Å². The van der Waals surface area contributed by atoms with E-state index < -0.39 is 6.04 Å². The van der Waals surface area contributed by atoms with Crippen molar-refractivity contribution in [1.29, 1.82) is 0 Å². The van der Waals surface area contributed by atoms with Crippen molar-refractivity contribution in [3.63, 3.8) is 0 Å². The van der Waals surface area contributed by atoms with Gasteiger partial charge in [0.05, 0.1) is 30.0 Å². The number of esters is 1.